The summed E-state index contributed by atoms with van der Waals surface area (Å²) in [5.41, 5.74) is 1.01. The number of aryl methyl sites for hydroxylation is 1. The second kappa shape index (κ2) is 8.18. The van der Waals surface area contributed by atoms with E-state index in [0.717, 1.165) is 29.8 Å². The highest BCUT2D eigenvalue weighted by Crippen LogP contribution is 2.24. The van der Waals surface area contributed by atoms with Crippen LogP contribution in [-0.4, -0.2) is 15.9 Å². The van der Waals surface area contributed by atoms with E-state index in [4.69, 9.17) is 4.74 Å². The molecule has 0 fully saturated rings. The van der Waals surface area contributed by atoms with Gasteiger partial charge in [0.15, 0.2) is 0 Å². The van der Waals surface area contributed by atoms with Crippen LogP contribution < -0.4 is 10.1 Å². The minimum absolute atomic E-state index is 0.212. The number of nitrogens with zero attached hydrogens (tertiary/aromatic N) is 2. The van der Waals surface area contributed by atoms with Crippen LogP contribution in [0.15, 0.2) is 60.9 Å². The summed E-state index contributed by atoms with van der Waals surface area (Å²) in [5, 5.41) is 2.65. The maximum atomic E-state index is 13.6. The summed E-state index contributed by atoms with van der Waals surface area (Å²) in [7, 11) is 0. The second-order valence-electron chi connectivity index (χ2n) is 5.57. The van der Waals surface area contributed by atoms with Gasteiger partial charge in [-0.1, -0.05) is 6.07 Å². The van der Waals surface area contributed by atoms with Gasteiger partial charge < -0.3 is 10.1 Å². The molecule has 0 spiro atoms. The Bertz CT molecular complexity index is 972. The van der Waals surface area contributed by atoms with Gasteiger partial charge in [0.1, 0.15) is 17.4 Å². The van der Waals surface area contributed by atoms with E-state index in [2.05, 4.69) is 15.3 Å². The van der Waals surface area contributed by atoms with E-state index in [0.29, 0.717) is 11.4 Å². The summed E-state index contributed by atoms with van der Waals surface area (Å²) in [6, 6.07) is 10.4. The minimum Gasteiger partial charge on any atom is -0.424 e. The Hall–Kier alpha value is -3.61. The standard InChI is InChI=1S/C20H15F2N3O2/c1-13-12-14(27-20-23-10-3-11-24-20)6-8-18(13)25-19(26)9-7-15-16(21)4-2-5-17(15)22/h2-12H,1H3,(H,25,26)/b9-7+. The summed E-state index contributed by atoms with van der Waals surface area (Å²) < 4.78 is 32.7. The number of ether oxygens (including phenoxy) is 1. The molecule has 0 aliphatic heterocycles. The number of benzene rings is 2. The van der Waals surface area contributed by atoms with Crippen molar-refractivity contribution in [2.75, 3.05) is 5.32 Å². The number of carbonyl (C=O) groups excluding carboxylic acids is 1. The third kappa shape index (κ3) is 4.72. The lowest BCUT2D eigenvalue weighted by molar-refractivity contribution is -0.111. The molecule has 0 bridgehead atoms. The van der Waals surface area contributed by atoms with Gasteiger partial charge in [0.05, 0.1) is 0 Å². The SMILES string of the molecule is Cc1cc(Oc2ncccn2)ccc1NC(=O)/C=C/c1c(F)cccc1F. The highest BCUT2D eigenvalue weighted by molar-refractivity contribution is 6.02. The molecule has 5 nitrogen and oxygen atoms in total. The summed E-state index contributed by atoms with van der Waals surface area (Å²) in [6.45, 7) is 1.79. The molecule has 0 aliphatic rings. The van der Waals surface area contributed by atoms with Gasteiger partial charge in [-0.25, -0.2) is 18.7 Å². The Morgan fingerprint density at radius 1 is 1.07 bits per heavy atom. The van der Waals surface area contributed by atoms with Gasteiger partial charge in [-0.05, 0) is 55.0 Å². The topological polar surface area (TPSA) is 64.1 Å². The largest absolute Gasteiger partial charge is 0.424 e. The predicted molar refractivity (Wildman–Crippen MR) is 97.3 cm³/mol. The maximum Gasteiger partial charge on any atom is 0.321 e. The maximum absolute atomic E-state index is 13.6. The molecule has 3 rings (SSSR count). The van der Waals surface area contributed by atoms with E-state index in [1.54, 1.807) is 43.6 Å². The molecule has 0 aliphatic carbocycles. The lowest BCUT2D eigenvalue weighted by Crippen LogP contribution is -2.09. The van der Waals surface area contributed by atoms with Crippen molar-refractivity contribution >= 4 is 17.7 Å². The minimum atomic E-state index is -0.736. The van der Waals surface area contributed by atoms with Crippen LogP contribution >= 0.6 is 0 Å². The van der Waals surface area contributed by atoms with Crippen molar-refractivity contribution in [1.29, 1.82) is 0 Å². The molecule has 136 valence electrons. The Kier molecular flexibility index (Phi) is 5.51. The Labute approximate surface area is 154 Å². The first-order valence-electron chi connectivity index (χ1n) is 8.01. The fraction of sp³-hybridized carbons (Fsp3) is 0.0500. The van der Waals surface area contributed by atoms with Crippen LogP contribution in [0.1, 0.15) is 11.1 Å². The number of hydrogen-bond acceptors (Lipinski definition) is 4. The zero-order chi connectivity index (χ0) is 19.2. The van der Waals surface area contributed by atoms with Crippen molar-refractivity contribution in [2.45, 2.75) is 6.92 Å². The van der Waals surface area contributed by atoms with E-state index in [1.165, 1.54) is 6.07 Å². The first-order valence-corrected chi connectivity index (χ1v) is 8.01. The first kappa shape index (κ1) is 18.2. The summed E-state index contributed by atoms with van der Waals surface area (Å²) >= 11 is 0. The van der Waals surface area contributed by atoms with Crippen LogP contribution in [0.25, 0.3) is 6.08 Å². The number of rotatable bonds is 5. The van der Waals surface area contributed by atoms with Crippen molar-refractivity contribution in [1.82, 2.24) is 9.97 Å². The average molecular weight is 367 g/mol. The van der Waals surface area contributed by atoms with Gasteiger partial charge >= 0.3 is 6.01 Å². The molecule has 0 saturated heterocycles. The number of hydrogen-bond donors (Lipinski definition) is 1. The highest BCUT2D eigenvalue weighted by atomic mass is 19.1. The molecule has 0 atom stereocenters. The van der Waals surface area contributed by atoms with Crippen LogP contribution in [0.4, 0.5) is 14.5 Å². The third-order valence-corrected chi connectivity index (χ3v) is 3.61. The van der Waals surface area contributed by atoms with E-state index in [1.807, 2.05) is 0 Å². The number of halogens is 2. The molecule has 0 unspecified atom stereocenters. The zero-order valence-electron chi connectivity index (χ0n) is 14.3. The molecule has 1 aromatic heterocycles. The van der Waals surface area contributed by atoms with Gasteiger partial charge in [-0.3, -0.25) is 4.79 Å². The van der Waals surface area contributed by atoms with Crippen LogP contribution in [0.3, 0.4) is 0 Å². The van der Waals surface area contributed by atoms with Crippen molar-refractivity contribution in [3.63, 3.8) is 0 Å². The Morgan fingerprint density at radius 2 is 1.78 bits per heavy atom. The fourth-order valence-electron chi connectivity index (χ4n) is 2.29. The summed E-state index contributed by atoms with van der Waals surface area (Å²) in [5.74, 6) is -1.47. The van der Waals surface area contributed by atoms with E-state index in [-0.39, 0.29) is 11.6 Å². The molecule has 27 heavy (non-hydrogen) atoms. The molecule has 7 heteroatoms. The van der Waals surface area contributed by atoms with Crippen LogP contribution in [0, 0.1) is 18.6 Å². The normalized spacial score (nSPS) is 10.8. The van der Waals surface area contributed by atoms with E-state index in [9.17, 15) is 13.6 Å². The fourth-order valence-corrected chi connectivity index (χ4v) is 2.29. The molecule has 1 amide bonds. The lowest BCUT2D eigenvalue weighted by Gasteiger charge is -2.09. The molecule has 1 heterocycles. The van der Waals surface area contributed by atoms with Gasteiger partial charge in [0.2, 0.25) is 5.91 Å². The molecule has 2 aromatic carbocycles. The zero-order valence-corrected chi connectivity index (χ0v) is 14.3. The van der Waals surface area contributed by atoms with Crippen LogP contribution in [0.2, 0.25) is 0 Å². The predicted octanol–water partition coefficient (Wildman–Crippen LogP) is 4.51. The molecule has 3 aromatic rings. The van der Waals surface area contributed by atoms with Crippen LogP contribution in [0.5, 0.6) is 11.8 Å². The van der Waals surface area contributed by atoms with E-state index < -0.39 is 17.5 Å². The summed E-state index contributed by atoms with van der Waals surface area (Å²) in [4.78, 5) is 20.0. The summed E-state index contributed by atoms with van der Waals surface area (Å²) in [6.07, 6.45) is 5.30. The Balaban J connectivity index is 1.68. The first-order chi connectivity index (χ1) is 13.0. The smallest absolute Gasteiger partial charge is 0.321 e. The van der Waals surface area contributed by atoms with Crippen molar-refractivity contribution in [3.05, 3.63) is 83.7 Å². The quantitative estimate of drug-likeness (QED) is 0.674. The molecule has 0 radical (unpaired) electrons. The third-order valence-electron chi connectivity index (χ3n) is 3.61. The number of nitrogens with one attached hydrogen (secondary N) is 1. The molecular weight excluding hydrogens is 352 g/mol. The molecule has 1 N–H and O–H groups in total. The number of anilines is 1. The van der Waals surface area contributed by atoms with Crippen molar-refractivity contribution in [2.24, 2.45) is 0 Å². The van der Waals surface area contributed by atoms with Gasteiger partial charge in [0.25, 0.3) is 0 Å². The molecule has 0 saturated carbocycles. The van der Waals surface area contributed by atoms with Gasteiger partial charge in [-0.2, -0.15) is 0 Å². The number of amides is 1. The van der Waals surface area contributed by atoms with Crippen LogP contribution in [-0.2, 0) is 4.79 Å². The monoisotopic (exact) mass is 367 g/mol. The van der Waals surface area contributed by atoms with Crippen molar-refractivity contribution in [3.8, 4) is 11.8 Å². The van der Waals surface area contributed by atoms with Gasteiger partial charge in [-0.15, -0.1) is 0 Å². The van der Waals surface area contributed by atoms with Crippen molar-refractivity contribution < 1.29 is 18.3 Å². The molecular formula is C20H15F2N3O2. The number of carbonyl (C=O) groups is 1. The number of aromatic nitrogens is 2. The highest BCUT2D eigenvalue weighted by Gasteiger charge is 2.08. The average Bonchev–Trinajstić information content (AvgIpc) is 2.64. The Morgan fingerprint density at radius 3 is 2.44 bits per heavy atom. The lowest BCUT2D eigenvalue weighted by atomic mass is 10.1. The van der Waals surface area contributed by atoms with E-state index >= 15 is 0 Å². The van der Waals surface area contributed by atoms with Gasteiger partial charge in [0, 0.05) is 29.7 Å². The second-order valence-corrected chi connectivity index (χ2v) is 5.57.